The van der Waals surface area contributed by atoms with Crippen molar-refractivity contribution in [3.63, 3.8) is 0 Å². The third-order valence-electron chi connectivity index (χ3n) is 8.76. The molecule has 9 nitrogen and oxygen atoms in total. The SMILES string of the molecule is CNC(=O)c1cccc(-c2cccc(CC(O)(C(=O)Nc3ccc(C#N)c(C(F)(F)F)c3)C3CCN(S(=O)(=O)c4ccc(F)cc4)CC3)c2)c1. The Morgan fingerprint density at radius 3 is 2.20 bits per heavy atom. The number of halogens is 4. The molecule has 4 aromatic rings. The number of hydrogen-bond acceptors (Lipinski definition) is 6. The first-order chi connectivity index (χ1) is 23.6. The van der Waals surface area contributed by atoms with Crippen LogP contribution in [0.4, 0.5) is 23.2 Å². The lowest BCUT2D eigenvalue weighted by atomic mass is 9.76. The number of hydrogen-bond donors (Lipinski definition) is 3. The second-order valence-corrected chi connectivity index (χ2v) is 13.9. The molecule has 0 bridgehead atoms. The van der Waals surface area contributed by atoms with E-state index in [1.54, 1.807) is 48.5 Å². The number of benzene rings is 4. The topological polar surface area (TPSA) is 140 Å². The van der Waals surface area contributed by atoms with E-state index in [1.807, 2.05) is 0 Å². The van der Waals surface area contributed by atoms with Gasteiger partial charge in [0.1, 0.15) is 11.4 Å². The lowest BCUT2D eigenvalue weighted by Crippen LogP contribution is -2.54. The van der Waals surface area contributed by atoms with Gasteiger partial charge in [-0.15, -0.1) is 0 Å². The maximum Gasteiger partial charge on any atom is 0.417 e. The average molecular weight is 709 g/mol. The third kappa shape index (κ3) is 7.70. The van der Waals surface area contributed by atoms with Crippen molar-refractivity contribution in [2.45, 2.75) is 35.9 Å². The van der Waals surface area contributed by atoms with Gasteiger partial charge in [-0.25, -0.2) is 12.8 Å². The smallest absolute Gasteiger partial charge is 0.379 e. The summed E-state index contributed by atoms with van der Waals surface area (Å²) in [4.78, 5) is 26.1. The highest BCUT2D eigenvalue weighted by Gasteiger charge is 2.46. The number of nitriles is 1. The lowest BCUT2D eigenvalue weighted by Gasteiger charge is -2.40. The number of rotatable bonds is 9. The van der Waals surface area contributed by atoms with Gasteiger partial charge < -0.3 is 15.7 Å². The number of aliphatic hydroxyl groups is 1. The molecule has 5 rings (SSSR count). The minimum Gasteiger partial charge on any atom is -0.379 e. The van der Waals surface area contributed by atoms with Crippen LogP contribution in [0.5, 0.6) is 0 Å². The number of nitrogens with zero attached hydrogens (tertiary/aromatic N) is 2. The Balaban J connectivity index is 1.47. The molecule has 1 atom stereocenters. The van der Waals surface area contributed by atoms with Gasteiger partial charge in [0.2, 0.25) is 10.0 Å². The Labute approximate surface area is 286 Å². The molecule has 3 N–H and O–H groups in total. The molecule has 1 aliphatic heterocycles. The quantitative estimate of drug-likeness (QED) is 0.189. The van der Waals surface area contributed by atoms with Gasteiger partial charge >= 0.3 is 6.18 Å². The molecule has 1 fully saturated rings. The molecule has 2 amide bonds. The molecule has 50 heavy (non-hydrogen) atoms. The van der Waals surface area contributed by atoms with Crippen LogP contribution in [0.15, 0.2) is 95.9 Å². The van der Waals surface area contributed by atoms with E-state index >= 15 is 0 Å². The van der Waals surface area contributed by atoms with E-state index in [1.165, 1.54) is 17.4 Å². The summed E-state index contributed by atoms with van der Waals surface area (Å²) in [7, 11) is -2.52. The second-order valence-electron chi connectivity index (χ2n) is 11.9. The molecule has 0 saturated carbocycles. The van der Waals surface area contributed by atoms with Gasteiger partial charge in [-0.2, -0.15) is 22.7 Å². The summed E-state index contributed by atoms with van der Waals surface area (Å²) >= 11 is 0. The van der Waals surface area contributed by atoms with Crippen LogP contribution in [0, 0.1) is 23.1 Å². The number of amides is 2. The van der Waals surface area contributed by atoms with Crippen molar-refractivity contribution in [1.82, 2.24) is 9.62 Å². The lowest BCUT2D eigenvalue weighted by molar-refractivity contribution is -0.142. The van der Waals surface area contributed by atoms with Gasteiger partial charge in [0.25, 0.3) is 11.8 Å². The van der Waals surface area contributed by atoms with Crippen LogP contribution in [-0.4, -0.2) is 55.4 Å². The fraction of sp³-hybridized carbons (Fsp3) is 0.250. The molecule has 1 unspecified atom stereocenters. The minimum absolute atomic E-state index is 0.0133. The van der Waals surface area contributed by atoms with E-state index in [9.17, 15) is 45.9 Å². The minimum atomic E-state index is -4.89. The molecule has 0 spiro atoms. The van der Waals surface area contributed by atoms with Gasteiger partial charge in [0.15, 0.2) is 0 Å². The summed E-state index contributed by atoms with van der Waals surface area (Å²) < 4.78 is 82.3. The second kappa shape index (κ2) is 14.4. The van der Waals surface area contributed by atoms with Crippen molar-refractivity contribution in [3.05, 3.63) is 119 Å². The van der Waals surface area contributed by atoms with E-state index in [0.717, 1.165) is 36.4 Å². The molecule has 1 saturated heterocycles. The van der Waals surface area contributed by atoms with E-state index in [-0.39, 0.29) is 48.8 Å². The Kier molecular flexibility index (Phi) is 10.4. The molecular formula is C36H32F4N4O5S. The molecule has 1 aliphatic rings. The van der Waals surface area contributed by atoms with Crippen LogP contribution in [0.2, 0.25) is 0 Å². The summed E-state index contributed by atoms with van der Waals surface area (Å²) in [6, 6.07) is 22.2. The predicted molar refractivity (Wildman–Crippen MR) is 177 cm³/mol. The zero-order valence-electron chi connectivity index (χ0n) is 26.7. The van der Waals surface area contributed by atoms with Gasteiger partial charge in [0, 0.05) is 37.8 Å². The normalized spacial score (nSPS) is 15.5. The molecule has 0 aliphatic carbocycles. The molecule has 1 heterocycles. The molecular weight excluding hydrogens is 676 g/mol. The van der Waals surface area contributed by atoms with E-state index in [4.69, 9.17) is 0 Å². The van der Waals surface area contributed by atoms with E-state index < -0.39 is 50.6 Å². The van der Waals surface area contributed by atoms with Crippen LogP contribution in [0.1, 0.15) is 39.9 Å². The Morgan fingerprint density at radius 2 is 1.58 bits per heavy atom. The fourth-order valence-corrected chi connectivity index (χ4v) is 7.56. The summed E-state index contributed by atoms with van der Waals surface area (Å²) in [5.41, 5.74) is -2.19. The number of sulfonamides is 1. The summed E-state index contributed by atoms with van der Waals surface area (Å²) in [5.74, 6) is -2.75. The first-order valence-electron chi connectivity index (χ1n) is 15.5. The molecule has 0 radical (unpaired) electrons. The zero-order valence-corrected chi connectivity index (χ0v) is 27.5. The third-order valence-corrected chi connectivity index (χ3v) is 10.7. The number of carbonyl (C=O) groups is 2. The Morgan fingerprint density at radius 1 is 0.940 bits per heavy atom. The van der Waals surface area contributed by atoms with E-state index in [2.05, 4.69) is 10.6 Å². The molecule has 14 heteroatoms. The van der Waals surface area contributed by atoms with Crippen LogP contribution in [0.3, 0.4) is 0 Å². The zero-order chi connectivity index (χ0) is 36.3. The van der Waals surface area contributed by atoms with Crippen molar-refractivity contribution in [2.75, 3.05) is 25.5 Å². The van der Waals surface area contributed by atoms with Crippen LogP contribution in [0.25, 0.3) is 11.1 Å². The van der Waals surface area contributed by atoms with E-state index in [0.29, 0.717) is 28.3 Å². The number of piperidine rings is 1. The number of anilines is 1. The maximum absolute atomic E-state index is 14.0. The number of carbonyl (C=O) groups excluding carboxylic acids is 2. The summed E-state index contributed by atoms with van der Waals surface area (Å²) in [5, 5.41) is 26.4. The van der Waals surface area contributed by atoms with Gasteiger partial charge in [0.05, 0.1) is 22.1 Å². The number of alkyl halides is 3. The van der Waals surface area contributed by atoms with Crippen molar-refractivity contribution < 1.29 is 40.7 Å². The van der Waals surface area contributed by atoms with Crippen LogP contribution in [-0.2, 0) is 27.4 Å². The van der Waals surface area contributed by atoms with Crippen LogP contribution < -0.4 is 10.6 Å². The Hall–Kier alpha value is -5.10. The highest BCUT2D eigenvalue weighted by atomic mass is 32.2. The van der Waals surface area contributed by atoms with Crippen molar-refractivity contribution in [1.29, 1.82) is 5.26 Å². The highest BCUT2D eigenvalue weighted by molar-refractivity contribution is 7.89. The van der Waals surface area contributed by atoms with Crippen molar-refractivity contribution in [3.8, 4) is 17.2 Å². The van der Waals surface area contributed by atoms with Crippen LogP contribution >= 0.6 is 0 Å². The molecule has 4 aromatic carbocycles. The Bertz CT molecular complexity index is 2060. The first kappa shape index (κ1) is 36.2. The van der Waals surface area contributed by atoms with Gasteiger partial charge in [-0.3, -0.25) is 9.59 Å². The standard InChI is InChI=1S/C36H32F4N4O5S/c1-42-33(45)26-7-3-6-25(19-26)24-5-2-4-23(18-24)21-35(47,34(46)43-30-11-8-27(22-41)32(20-30)36(38,39)40)28-14-16-44(17-15-28)50(48,49)31-12-9-29(37)10-13-31/h2-13,18-20,28,47H,14-17,21H2,1H3,(H,42,45)(H,43,46). The molecule has 260 valence electrons. The van der Waals surface area contributed by atoms with Gasteiger partial charge in [-0.05, 0) is 90.0 Å². The number of nitrogens with one attached hydrogen (secondary N) is 2. The van der Waals surface area contributed by atoms with Crippen molar-refractivity contribution >= 4 is 27.5 Å². The van der Waals surface area contributed by atoms with Gasteiger partial charge in [-0.1, -0.05) is 36.4 Å². The maximum atomic E-state index is 14.0. The fourth-order valence-electron chi connectivity index (χ4n) is 6.09. The highest BCUT2D eigenvalue weighted by Crippen LogP contribution is 2.37. The predicted octanol–water partition coefficient (Wildman–Crippen LogP) is 5.76. The first-order valence-corrected chi connectivity index (χ1v) is 16.9. The van der Waals surface area contributed by atoms with Crippen molar-refractivity contribution in [2.24, 2.45) is 5.92 Å². The largest absolute Gasteiger partial charge is 0.417 e. The summed E-state index contributed by atoms with van der Waals surface area (Å²) in [6.07, 6.45) is -5.15. The average Bonchev–Trinajstić information content (AvgIpc) is 3.11. The monoisotopic (exact) mass is 708 g/mol. The molecule has 0 aromatic heterocycles. The summed E-state index contributed by atoms with van der Waals surface area (Å²) in [6.45, 7) is -0.192.